The summed E-state index contributed by atoms with van der Waals surface area (Å²) in [4.78, 5) is 10.9. The molecule has 0 aliphatic heterocycles. The summed E-state index contributed by atoms with van der Waals surface area (Å²) in [5, 5.41) is 8.95. The minimum atomic E-state index is -0.384. The smallest absolute Gasteiger partial charge is 0.220 e. The quantitative estimate of drug-likeness (QED) is 0.653. The first-order valence-electron chi connectivity index (χ1n) is 3.20. The van der Waals surface area contributed by atoms with Gasteiger partial charge in [-0.3, -0.25) is 4.79 Å². The monoisotopic (exact) mass is 148 g/mol. The second-order valence-corrected chi connectivity index (χ2v) is 2.12. The summed E-state index contributed by atoms with van der Waals surface area (Å²) >= 11 is 0. The van der Waals surface area contributed by atoms with Gasteiger partial charge in [0.25, 0.3) is 0 Å². The third-order valence-corrected chi connectivity index (χ3v) is 1.33. The molecule has 1 aromatic rings. The second kappa shape index (κ2) is 3.01. The molecule has 0 aromatic heterocycles. The third-order valence-electron chi connectivity index (χ3n) is 1.33. The molecule has 0 bridgehead atoms. The zero-order valence-electron chi connectivity index (χ0n) is 5.95. The first-order valence-corrected chi connectivity index (χ1v) is 3.20. The van der Waals surface area contributed by atoms with Gasteiger partial charge in [0.15, 0.2) is 5.75 Å². The van der Waals surface area contributed by atoms with Gasteiger partial charge in [-0.15, -0.1) is 0 Å². The van der Waals surface area contributed by atoms with E-state index in [0.29, 0.717) is 5.56 Å². The van der Waals surface area contributed by atoms with Crippen LogP contribution in [0.15, 0.2) is 35.6 Å². The molecule has 56 valence electrons. The first-order chi connectivity index (χ1) is 5.24. The summed E-state index contributed by atoms with van der Waals surface area (Å²) in [5.74, 6) is -0.238. The molecule has 1 aromatic carbocycles. The SMILES string of the molecule is C=Cc1cccc(O)c(=O)c1. The maximum Gasteiger partial charge on any atom is 0.220 e. The molecule has 0 heterocycles. The van der Waals surface area contributed by atoms with Crippen LogP contribution in [0.1, 0.15) is 5.56 Å². The van der Waals surface area contributed by atoms with Crippen LogP contribution in [0, 0.1) is 0 Å². The van der Waals surface area contributed by atoms with E-state index in [1.165, 1.54) is 12.1 Å². The minimum Gasteiger partial charge on any atom is -0.504 e. The van der Waals surface area contributed by atoms with Crippen molar-refractivity contribution in [2.75, 3.05) is 0 Å². The topological polar surface area (TPSA) is 37.3 Å². The summed E-state index contributed by atoms with van der Waals surface area (Å²) in [7, 11) is 0. The Bertz CT molecular complexity index is 329. The molecular formula is C9H8O2. The van der Waals surface area contributed by atoms with E-state index in [9.17, 15) is 4.79 Å². The summed E-state index contributed by atoms with van der Waals surface area (Å²) in [6.45, 7) is 3.51. The predicted molar refractivity (Wildman–Crippen MR) is 44.5 cm³/mol. The molecule has 0 atom stereocenters. The zero-order valence-corrected chi connectivity index (χ0v) is 5.95. The van der Waals surface area contributed by atoms with Crippen molar-refractivity contribution in [3.63, 3.8) is 0 Å². The Morgan fingerprint density at radius 3 is 2.82 bits per heavy atom. The van der Waals surface area contributed by atoms with Gasteiger partial charge in [-0.1, -0.05) is 24.8 Å². The minimum absolute atomic E-state index is 0.238. The van der Waals surface area contributed by atoms with E-state index in [4.69, 9.17) is 5.11 Å². The fourth-order valence-corrected chi connectivity index (χ4v) is 0.733. The molecule has 11 heavy (non-hydrogen) atoms. The van der Waals surface area contributed by atoms with E-state index in [1.807, 2.05) is 0 Å². The van der Waals surface area contributed by atoms with Crippen LogP contribution in [0.25, 0.3) is 6.08 Å². The van der Waals surface area contributed by atoms with E-state index >= 15 is 0 Å². The van der Waals surface area contributed by atoms with Gasteiger partial charge < -0.3 is 5.11 Å². The molecule has 0 aliphatic rings. The highest BCUT2D eigenvalue weighted by molar-refractivity contribution is 5.46. The van der Waals surface area contributed by atoms with Gasteiger partial charge in [0.1, 0.15) is 0 Å². The van der Waals surface area contributed by atoms with Crippen LogP contribution in [-0.4, -0.2) is 5.11 Å². The summed E-state index contributed by atoms with van der Waals surface area (Å²) in [5.41, 5.74) is 0.320. The molecule has 1 N–H and O–H groups in total. The van der Waals surface area contributed by atoms with Gasteiger partial charge in [-0.2, -0.15) is 0 Å². The van der Waals surface area contributed by atoms with Gasteiger partial charge in [0.2, 0.25) is 5.43 Å². The summed E-state index contributed by atoms with van der Waals surface area (Å²) in [6, 6.07) is 6.00. The molecule has 0 unspecified atom stereocenters. The maximum absolute atomic E-state index is 10.9. The van der Waals surface area contributed by atoms with Crippen LogP contribution >= 0.6 is 0 Å². The maximum atomic E-state index is 10.9. The van der Waals surface area contributed by atoms with Crippen LogP contribution in [0.2, 0.25) is 0 Å². The van der Waals surface area contributed by atoms with Crippen molar-refractivity contribution in [1.29, 1.82) is 0 Å². The third kappa shape index (κ3) is 1.67. The number of hydrogen-bond donors (Lipinski definition) is 1. The first kappa shape index (κ1) is 7.54. The van der Waals surface area contributed by atoms with E-state index in [2.05, 4.69) is 6.58 Å². The summed E-state index contributed by atoms with van der Waals surface area (Å²) < 4.78 is 0. The Labute approximate surface area is 64.4 Å². The highest BCUT2D eigenvalue weighted by Gasteiger charge is 1.91. The fourth-order valence-electron chi connectivity index (χ4n) is 0.733. The van der Waals surface area contributed by atoms with E-state index in [0.717, 1.165) is 0 Å². The van der Waals surface area contributed by atoms with Crippen molar-refractivity contribution < 1.29 is 5.11 Å². The molecule has 1 rings (SSSR count). The van der Waals surface area contributed by atoms with Gasteiger partial charge in [-0.05, 0) is 17.7 Å². The molecule has 0 saturated carbocycles. The van der Waals surface area contributed by atoms with Crippen molar-refractivity contribution in [2.45, 2.75) is 0 Å². The van der Waals surface area contributed by atoms with Crippen LogP contribution in [-0.2, 0) is 0 Å². The lowest BCUT2D eigenvalue weighted by molar-refractivity contribution is 0.471. The average Bonchev–Trinajstić information content (AvgIpc) is 2.15. The van der Waals surface area contributed by atoms with Crippen LogP contribution < -0.4 is 5.43 Å². The predicted octanol–water partition coefficient (Wildman–Crippen LogP) is 1.40. The van der Waals surface area contributed by atoms with E-state index in [1.54, 1.807) is 18.2 Å². The number of rotatable bonds is 1. The molecule has 2 heteroatoms. The van der Waals surface area contributed by atoms with Gasteiger partial charge in [0, 0.05) is 0 Å². The molecule has 0 saturated heterocycles. The van der Waals surface area contributed by atoms with Crippen LogP contribution in [0.3, 0.4) is 0 Å². The molecular weight excluding hydrogens is 140 g/mol. The van der Waals surface area contributed by atoms with Crippen molar-refractivity contribution >= 4 is 6.08 Å². The molecule has 2 nitrogen and oxygen atoms in total. The van der Waals surface area contributed by atoms with Crippen LogP contribution in [0.4, 0.5) is 0 Å². The lowest BCUT2D eigenvalue weighted by Crippen LogP contribution is -1.92. The largest absolute Gasteiger partial charge is 0.504 e. The Balaban J connectivity index is 3.44. The van der Waals surface area contributed by atoms with Crippen LogP contribution in [0.5, 0.6) is 5.75 Å². The molecule has 0 amide bonds. The lowest BCUT2D eigenvalue weighted by atomic mass is 10.3. The second-order valence-electron chi connectivity index (χ2n) is 2.12. The Morgan fingerprint density at radius 1 is 1.45 bits per heavy atom. The van der Waals surface area contributed by atoms with E-state index in [-0.39, 0.29) is 11.2 Å². The van der Waals surface area contributed by atoms with Gasteiger partial charge >= 0.3 is 0 Å². The van der Waals surface area contributed by atoms with Crippen molar-refractivity contribution in [1.82, 2.24) is 0 Å². The van der Waals surface area contributed by atoms with Gasteiger partial charge in [0.05, 0.1) is 0 Å². The molecule has 0 fully saturated rings. The molecule has 0 aliphatic carbocycles. The number of aromatic hydroxyl groups is 1. The Morgan fingerprint density at radius 2 is 2.18 bits per heavy atom. The zero-order chi connectivity index (χ0) is 8.27. The highest BCUT2D eigenvalue weighted by atomic mass is 16.3. The highest BCUT2D eigenvalue weighted by Crippen LogP contribution is 2.00. The summed E-state index contributed by atoms with van der Waals surface area (Å²) in [6.07, 6.45) is 1.56. The number of hydrogen-bond acceptors (Lipinski definition) is 2. The van der Waals surface area contributed by atoms with Crippen molar-refractivity contribution in [3.8, 4) is 5.75 Å². The Hall–Kier alpha value is -1.57. The molecule has 0 radical (unpaired) electrons. The van der Waals surface area contributed by atoms with E-state index < -0.39 is 0 Å². The normalized spacial score (nSPS) is 9.09. The Kier molecular flexibility index (Phi) is 2.06. The average molecular weight is 148 g/mol. The van der Waals surface area contributed by atoms with Gasteiger partial charge in [-0.25, -0.2) is 0 Å². The molecule has 0 spiro atoms. The standard InChI is InChI=1S/C9H8O2/c1-2-7-4-3-5-8(10)9(11)6-7/h2-6H,1H2,(H,10,11). The fraction of sp³-hybridized carbons (Fsp3) is 0. The van der Waals surface area contributed by atoms with Crippen molar-refractivity contribution in [3.05, 3.63) is 46.6 Å². The lowest BCUT2D eigenvalue weighted by Gasteiger charge is -1.79. The van der Waals surface area contributed by atoms with Crippen molar-refractivity contribution in [2.24, 2.45) is 0 Å².